The van der Waals surface area contributed by atoms with Crippen LogP contribution in [0.3, 0.4) is 0 Å². The van der Waals surface area contributed by atoms with Gasteiger partial charge in [0.25, 0.3) is 0 Å². The summed E-state index contributed by atoms with van der Waals surface area (Å²) >= 11 is 0. The Balaban J connectivity index is 2.09. The molecule has 16 heavy (non-hydrogen) atoms. The van der Waals surface area contributed by atoms with Crippen molar-refractivity contribution in [2.45, 2.75) is 38.1 Å². The first-order chi connectivity index (χ1) is 7.81. The SMILES string of the molecule is CN(c1cccc(NN)n1)C1CCCCC1. The Hall–Kier alpha value is -1.29. The van der Waals surface area contributed by atoms with Gasteiger partial charge in [-0.3, -0.25) is 0 Å². The van der Waals surface area contributed by atoms with Crippen molar-refractivity contribution in [3.63, 3.8) is 0 Å². The predicted octanol–water partition coefficient (Wildman–Crippen LogP) is 2.14. The summed E-state index contributed by atoms with van der Waals surface area (Å²) in [5.74, 6) is 7.09. The van der Waals surface area contributed by atoms with E-state index in [1.54, 1.807) is 0 Å². The first-order valence-corrected chi connectivity index (χ1v) is 5.98. The molecule has 1 saturated carbocycles. The van der Waals surface area contributed by atoms with Crippen molar-refractivity contribution < 1.29 is 0 Å². The van der Waals surface area contributed by atoms with Crippen LogP contribution >= 0.6 is 0 Å². The van der Waals surface area contributed by atoms with Crippen molar-refractivity contribution >= 4 is 11.6 Å². The topological polar surface area (TPSA) is 54.2 Å². The maximum absolute atomic E-state index is 5.37. The minimum Gasteiger partial charge on any atom is -0.357 e. The van der Waals surface area contributed by atoms with Gasteiger partial charge >= 0.3 is 0 Å². The quantitative estimate of drug-likeness (QED) is 0.605. The van der Waals surface area contributed by atoms with Crippen LogP contribution in [0.5, 0.6) is 0 Å². The molecule has 1 aliphatic rings. The molecule has 0 atom stereocenters. The summed E-state index contributed by atoms with van der Waals surface area (Å²) < 4.78 is 0. The summed E-state index contributed by atoms with van der Waals surface area (Å²) in [5.41, 5.74) is 2.59. The maximum atomic E-state index is 5.37. The van der Waals surface area contributed by atoms with Gasteiger partial charge in [0.2, 0.25) is 0 Å². The number of rotatable bonds is 3. The van der Waals surface area contributed by atoms with Gasteiger partial charge in [-0.1, -0.05) is 25.3 Å². The molecule has 0 aliphatic heterocycles. The van der Waals surface area contributed by atoms with Gasteiger partial charge in [-0.05, 0) is 25.0 Å². The fourth-order valence-corrected chi connectivity index (χ4v) is 2.36. The van der Waals surface area contributed by atoms with Crippen molar-refractivity contribution in [3.05, 3.63) is 18.2 Å². The maximum Gasteiger partial charge on any atom is 0.142 e. The second-order valence-electron chi connectivity index (χ2n) is 4.43. The number of nitrogens with one attached hydrogen (secondary N) is 1. The van der Waals surface area contributed by atoms with Crippen LogP contribution < -0.4 is 16.2 Å². The molecule has 0 spiro atoms. The lowest BCUT2D eigenvalue weighted by atomic mass is 9.94. The lowest BCUT2D eigenvalue weighted by molar-refractivity contribution is 0.426. The highest BCUT2D eigenvalue weighted by Crippen LogP contribution is 2.25. The minimum atomic E-state index is 0.634. The van der Waals surface area contributed by atoms with E-state index in [1.165, 1.54) is 32.1 Å². The van der Waals surface area contributed by atoms with E-state index in [9.17, 15) is 0 Å². The third kappa shape index (κ3) is 2.44. The molecule has 0 aromatic carbocycles. The molecule has 0 radical (unpaired) electrons. The smallest absolute Gasteiger partial charge is 0.142 e. The lowest BCUT2D eigenvalue weighted by Gasteiger charge is -2.32. The highest BCUT2D eigenvalue weighted by Gasteiger charge is 2.18. The van der Waals surface area contributed by atoms with Gasteiger partial charge in [-0.15, -0.1) is 0 Å². The molecular formula is C12H20N4. The molecule has 0 saturated heterocycles. The van der Waals surface area contributed by atoms with E-state index >= 15 is 0 Å². The van der Waals surface area contributed by atoms with Crippen molar-refractivity contribution in [1.82, 2.24) is 4.98 Å². The molecule has 1 aliphatic carbocycles. The summed E-state index contributed by atoms with van der Waals surface area (Å²) in [6.45, 7) is 0. The Morgan fingerprint density at radius 2 is 2.06 bits per heavy atom. The fraction of sp³-hybridized carbons (Fsp3) is 0.583. The molecule has 0 amide bonds. The zero-order valence-corrected chi connectivity index (χ0v) is 9.82. The summed E-state index contributed by atoms with van der Waals surface area (Å²) in [6.07, 6.45) is 6.60. The van der Waals surface area contributed by atoms with Crippen LogP contribution in [-0.2, 0) is 0 Å². The van der Waals surface area contributed by atoms with Crippen LogP contribution in [-0.4, -0.2) is 18.1 Å². The van der Waals surface area contributed by atoms with Crippen LogP contribution in [0, 0.1) is 0 Å². The highest BCUT2D eigenvalue weighted by molar-refractivity contribution is 5.46. The van der Waals surface area contributed by atoms with Crippen LogP contribution in [0.2, 0.25) is 0 Å². The molecule has 4 nitrogen and oxygen atoms in total. The van der Waals surface area contributed by atoms with E-state index in [0.717, 1.165) is 11.6 Å². The second kappa shape index (κ2) is 5.16. The molecule has 88 valence electrons. The number of nitrogen functional groups attached to an aromatic ring is 1. The normalized spacial score (nSPS) is 17.1. The van der Waals surface area contributed by atoms with E-state index in [-0.39, 0.29) is 0 Å². The van der Waals surface area contributed by atoms with Gasteiger partial charge in [0.15, 0.2) is 0 Å². The van der Waals surface area contributed by atoms with Crippen LogP contribution in [0.25, 0.3) is 0 Å². The summed E-state index contributed by atoms with van der Waals surface area (Å²) in [7, 11) is 2.12. The largest absolute Gasteiger partial charge is 0.357 e. The van der Waals surface area contributed by atoms with Crippen LogP contribution in [0.1, 0.15) is 32.1 Å². The molecule has 4 heteroatoms. The Kier molecular flexibility index (Phi) is 3.62. The van der Waals surface area contributed by atoms with Crippen molar-refractivity contribution in [2.75, 3.05) is 17.4 Å². The Morgan fingerprint density at radius 3 is 2.75 bits per heavy atom. The molecule has 1 aromatic heterocycles. The Bertz CT molecular complexity index is 334. The molecular weight excluding hydrogens is 200 g/mol. The number of nitrogens with zero attached hydrogens (tertiary/aromatic N) is 2. The van der Waals surface area contributed by atoms with Gasteiger partial charge in [0, 0.05) is 13.1 Å². The number of hydrogen-bond donors (Lipinski definition) is 2. The van der Waals surface area contributed by atoms with Crippen molar-refractivity contribution in [3.8, 4) is 0 Å². The van der Waals surface area contributed by atoms with E-state index in [4.69, 9.17) is 5.84 Å². The van der Waals surface area contributed by atoms with Gasteiger partial charge in [-0.2, -0.15) is 0 Å². The number of anilines is 2. The van der Waals surface area contributed by atoms with Crippen LogP contribution in [0.4, 0.5) is 11.6 Å². The lowest BCUT2D eigenvalue weighted by Crippen LogP contribution is -2.34. The first kappa shape index (κ1) is 11.2. The molecule has 1 aromatic rings. The average molecular weight is 220 g/mol. The number of hydrogen-bond acceptors (Lipinski definition) is 4. The molecule has 0 bridgehead atoms. The number of aromatic nitrogens is 1. The summed E-state index contributed by atoms with van der Waals surface area (Å²) in [6, 6.07) is 6.53. The second-order valence-corrected chi connectivity index (χ2v) is 4.43. The zero-order valence-electron chi connectivity index (χ0n) is 9.82. The highest BCUT2D eigenvalue weighted by atomic mass is 15.3. The van der Waals surface area contributed by atoms with E-state index in [0.29, 0.717) is 6.04 Å². The Morgan fingerprint density at radius 1 is 1.31 bits per heavy atom. The minimum absolute atomic E-state index is 0.634. The summed E-state index contributed by atoms with van der Waals surface area (Å²) in [4.78, 5) is 6.73. The number of nitrogens with two attached hydrogens (primary N) is 1. The van der Waals surface area contributed by atoms with E-state index < -0.39 is 0 Å². The van der Waals surface area contributed by atoms with E-state index in [2.05, 4.69) is 22.4 Å². The van der Waals surface area contributed by atoms with Gasteiger partial charge in [-0.25, -0.2) is 10.8 Å². The van der Waals surface area contributed by atoms with Crippen LogP contribution in [0.15, 0.2) is 18.2 Å². The Labute approximate surface area is 96.8 Å². The number of pyridine rings is 1. The molecule has 3 N–H and O–H groups in total. The van der Waals surface area contributed by atoms with Crippen molar-refractivity contribution in [1.29, 1.82) is 0 Å². The monoisotopic (exact) mass is 220 g/mol. The van der Waals surface area contributed by atoms with Gasteiger partial charge in [0.1, 0.15) is 11.6 Å². The average Bonchev–Trinajstić information content (AvgIpc) is 2.39. The first-order valence-electron chi connectivity index (χ1n) is 5.98. The van der Waals surface area contributed by atoms with Crippen molar-refractivity contribution in [2.24, 2.45) is 5.84 Å². The summed E-state index contributed by atoms with van der Waals surface area (Å²) in [5, 5.41) is 0. The number of hydrazine groups is 1. The molecule has 0 unspecified atom stereocenters. The van der Waals surface area contributed by atoms with Gasteiger partial charge in [0.05, 0.1) is 0 Å². The van der Waals surface area contributed by atoms with Gasteiger partial charge < -0.3 is 10.3 Å². The third-order valence-corrected chi connectivity index (χ3v) is 3.37. The zero-order chi connectivity index (χ0) is 11.4. The fourth-order valence-electron chi connectivity index (χ4n) is 2.36. The predicted molar refractivity (Wildman–Crippen MR) is 67.3 cm³/mol. The molecule has 2 rings (SSSR count). The molecule has 1 heterocycles. The third-order valence-electron chi connectivity index (χ3n) is 3.37. The molecule has 1 fully saturated rings. The standard InChI is InChI=1S/C12H20N4/c1-16(10-6-3-2-4-7-10)12-9-5-8-11(14-12)15-13/h5,8-10H,2-4,6-7,13H2,1H3,(H,14,15). The van der Waals surface area contributed by atoms with E-state index in [1.807, 2.05) is 18.2 Å².